The van der Waals surface area contributed by atoms with E-state index in [2.05, 4.69) is 26.6 Å². The third-order valence-electron chi connectivity index (χ3n) is 7.27. The van der Waals surface area contributed by atoms with Crippen LogP contribution in [0.4, 0.5) is 5.69 Å². The lowest BCUT2D eigenvalue weighted by molar-refractivity contribution is -0.118. The van der Waals surface area contributed by atoms with Crippen LogP contribution in [0.1, 0.15) is 29.9 Å². The summed E-state index contributed by atoms with van der Waals surface area (Å²) in [6.07, 6.45) is 4.24. The SMILES string of the molecule is COc1ccc2ncc3c(c2n1)C(CN1CCC[C@@H](CNCc2ccc4c(c2)NC(=O)CO4)C1)CO3. The van der Waals surface area contributed by atoms with E-state index < -0.39 is 0 Å². The van der Waals surface area contributed by atoms with Crippen LogP contribution in [0.15, 0.2) is 36.5 Å². The Morgan fingerprint density at radius 3 is 3.08 bits per heavy atom. The maximum absolute atomic E-state index is 11.6. The standard InChI is InChI=1S/C27H31N5O4/c1-34-25-7-5-20-27(31-25)26-19(15-35-23(26)12-29-20)14-32-8-2-3-18(13-32)11-28-10-17-4-6-22-21(9-17)30-24(33)16-36-22/h4-7,9,12,18-19,28H,2-3,8,10-11,13-16H2,1H3,(H,30,33)/t18-,19?/m0/s1. The van der Waals surface area contributed by atoms with Crippen LogP contribution in [0.5, 0.6) is 17.4 Å². The van der Waals surface area contributed by atoms with Crippen LogP contribution >= 0.6 is 0 Å². The quantitative estimate of drug-likeness (QED) is 0.523. The number of nitrogens with zero attached hydrogens (tertiary/aromatic N) is 3. The second-order valence-electron chi connectivity index (χ2n) is 9.83. The number of anilines is 1. The van der Waals surface area contributed by atoms with Gasteiger partial charge in [0.2, 0.25) is 5.88 Å². The van der Waals surface area contributed by atoms with Gasteiger partial charge in [0.15, 0.2) is 6.61 Å². The van der Waals surface area contributed by atoms with Crippen LogP contribution in [0.3, 0.4) is 0 Å². The number of piperidine rings is 1. The Kier molecular flexibility index (Phi) is 6.33. The second kappa shape index (κ2) is 9.91. The van der Waals surface area contributed by atoms with Crippen molar-refractivity contribution in [1.29, 1.82) is 0 Å². The first-order valence-corrected chi connectivity index (χ1v) is 12.6. The average molecular weight is 490 g/mol. The van der Waals surface area contributed by atoms with Crippen molar-refractivity contribution in [1.82, 2.24) is 20.2 Å². The average Bonchev–Trinajstić information content (AvgIpc) is 3.31. The van der Waals surface area contributed by atoms with Gasteiger partial charge in [-0.15, -0.1) is 0 Å². The maximum Gasteiger partial charge on any atom is 0.262 e. The van der Waals surface area contributed by atoms with Gasteiger partial charge >= 0.3 is 0 Å². The van der Waals surface area contributed by atoms with Crippen molar-refractivity contribution in [2.75, 3.05) is 51.8 Å². The van der Waals surface area contributed by atoms with Gasteiger partial charge in [-0.05, 0) is 55.6 Å². The fraction of sp³-hybridized carbons (Fsp3) is 0.444. The van der Waals surface area contributed by atoms with Gasteiger partial charge in [0.05, 0.1) is 31.1 Å². The van der Waals surface area contributed by atoms with E-state index in [1.165, 1.54) is 12.8 Å². The molecule has 9 heteroatoms. The molecule has 1 aromatic carbocycles. The summed E-state index contributed by atoms with van der Waals surface area (Å²) in [7, 11) is 1.64. The molecule has 0 saturated carbocycles. The van der Waals surface area contributed by atoms with Gasteiger partial charge in [-0.1, -0.05) is 6.07 Å². The predicted octanol–water partition coefficient (Wildman–Crippen LogP) is 2.95. The van der Waals surface area contributed by atoms with E-state index in [0.717, 1.165) is 72.1 Å². The van der Waals surface area contributed by atoms with Crippen LogP contribution in [0, 0.1) is 5.92 Å². The van der Waals surface area contributed by atoms with Gasteiger partial charge in [0.1, 0.15) is 17.0 Å². The normalized spacial score (nSPS) is 21.3. The molecule has 1 saturated heterocycles. The van der Waals surface area contributed by atoms with Gasteiger partial charge in [-0.25, -0.2) is 4.98 Å². The highest BCUT2D eigenvalue weighted by Crippen LogP contribution is 2.39. The van der Waals surface area contributed by atoms with Crippen molar-refractivity contribution < 1.29 is 19.0 Å². The maximum atomic E-state index is 11.6. The van der Waals surface area contributed by atoms with E-state index in [1.54, 1.807) is 7.11 Å². The van der Waals surface area contributed by atoms with Crippen molar-refractivity contribution in [3.63, 3.8) is 0 Å². The summed E-state index contributed by atoms with van der Waals surface area (Å²) in [5.41, 5.74) is 4.80. The Balaban J connectivity index is 1.06. The van der Waals surface area contributed by atoms with E-state index in [0.29, 0.717) is 18.4 Å². The highest BCUT2D eigenvalue weighted by Gasteiger charge is 2.31. The third kappa shape index (κ3) is 4.68. The molecular formula is C27H31N5O4. The smallest absolute Gasteiger partial charge is 0.262 e. The summed E-state index contributed by atoms with van der Waals surface area (Å²) in [5, 5.41) is 6.50. The number of methoxy groups -OCH3 is 1. The summed E-state index contributed by atoms with van der Waals surface area (Å²) in [4.78, 5) is 23.4. The number of aromatic nitrogens is 2. The monoisotopic (exact) mass is 489 g/mol. The highest BCUT2D eigenvalue weighted by atomic mass is 16.5. The number of carbonyl (C=O) groups is 1. The number of carbonyl (C=O) groups excluding carboxylic acids is 1. The Morgan fingerprint density at radius 1 is 1.22 bits per heavy atom. The van der Waals surface area contributed by atoms with Crippen LogP contribution in [-0.4, -0.2) is 67.3 Å². The molecule has 5 heterocycles. The van der Waals surface area contributed by atoms with Crippen molar-refractivity contribution >= 4 is 22.6 Å². The number of likely N-dealkylation sites (tertiary alicyclic amines) is 1. The summed E-state index contributed by atoms with van der Waals surface area (Å²) >= 11 is 0. The zero-order chi connectivity index (χ0) is 24.5. The van der Waals surface area contributed by atoms with Gasteiger partial charge in [0, 0.05) is 37.2 Å². The van der Waals surface area contributed by atoms with Crippen LogP contribution in [0.2, 0.25) is 0 Å². The number of fused-ring (bicyclic) bond motifs is 4. The molecular weight excluding hydrogens is 458 g/mol. The highest BCUT2D eigenvalue weighted by molar-refractivity contribution is 5.95. The van der Waals surface area contributed by atoms with Gasteiger partial charge in [-0.3, -0.25) is 9.78 Å². The number of ether oxygens (including phenoxy) is 3. The first-order chi connectivity index (χ1) is 17.7. The van der Waals surface area contributed by atoms with Gasteiger partial charge in [0.25, 0.3) is 5.91 Å². The zero-order valence-corrected chi connectivity index (χ0v) is 20.5. The fourth-order valence-electron chi connectivity index (χ4n) is 5.55. The molecule has 0 bridgehead atoms. The molecule has 188 valence electrons. The Hall–Kier alpha value is -3.43. The number of pyridine rings is 2. The van der Waals surface area contributed by atoms with E-state index in [4.69, 9.17) is 19.2 Å². The Labute approximate surface area is 210 Å². The molecule has 2 aromatic heterocycles. The fourth-order valence-corrected chi connectivity index (χ4v) is 5.55. The lowest BCUT2D eigenvalue weighted by Gasteiger charge is -2.34. The molecule has 3 aliphatic heterocycles. The molecule has 2 N–H and O–H groups in total. The van der Waals surface area contributed by atoms with E-state index in [1.807, 2.05) is 30.5 Å². The van der Waals surface area contributed by atoms with Crippen LogP contribution in [0.25, 0.3) is 11.0 Å². The minimum atomic E-state index is -0.107. The van der Waals surface area contributed by atoms with E-state index in [9.17, 15) is 4.79 Å². The molecule has 6 rings (SSSR count). The largest absolute Gasteiger partial charge is 0.491 e. The number of hydrogen-bond donors (Lipinski definition) is 2. The van der Waals surface area contributed by atoms with Crippen LogP contribution < -0.4 is 24.8 Å². The second-order valence-corrected chi connectivity index (χ2v) is 9.83. The van der Waals surface area contributed by atoms with Crippen molar-refractivity contribution in [3.05, 3.63) is 47.7 Å². The third-order valence-corrected chi connectivity index (χ3v) is 7.27. The number of nitrogens with one attached hydrogen (secondary N) is 2. The summed E-state index contributed by atoms with van der Waals surface area (Å²) < 4.78 is 16.8. The number of rotatable bonds is 7. The molecule has 1 amide bonds. The number of amides is 1. The van der Waals surface area contributed by atoms with Crippen molar-refractivity contribution in [3.8, 4) is 17.4 Å². The molecule has 9 nitrogen and oxygen atoms in total. The molecule has 1 fully saturated rings. The summed E-state index contributed by atoms with van der Waals surface area (Å²) in [6.45, 7) is 5.58. The lowest BCUT2D eigenvalue weighted by atomic mass is 9.94. The van der Waals surface area contributed by atoms with Crippen molar-refractivity contribution in [2.24, 2.45) is 5.92 Å². The van der Waals surface area contributed by atoms with E-state index in [-0.39, 0.29) is 18.4 Å². The first kappa shape index (κ1) is 23.0. The topological polar surface area (TPSA) is 97.8 Å². The minimum Gasteiger partial charge on any atom is -0.491 e. The molecule has 3 aliphatic rings. The summed E-state index contributed by atoms with van der Waals surface area (Å²) in [5.74, 6) is 2.93. The molecule has 3 aromatic rings. The lowest BCUT2D eigenvalue weighted by Crippen LogP contribution is -2.41. The molecule has 0 spiro atoms. The molecule has 2 atom stereocenters. The van der Waals surface area contributed by atoms with E-state index >= 15 is 0 Å². The van der Waals surface area contributed by atoms with Crippen LogP contribution in [-0.2, 0) is 11.3 Å². The molecule has 0 radical (unpaired) electrons. The zero-order valence-electron chi connectivity index (χ0n) is 20.5. The van der Waals surface area contributed by atoms with Gasteiger partial charge < -0.3 is 29.7 Å². The first-order valence-electron chi connectivity index (χ1n) is 12.6. The molecule has 1 unspecified atom stereocenters. The number of benzene rings is 1. The van der Waals surface area contributed by atoms with Crippen molar-refractivity contribution in [2.45, 2.75) is 25.3 Å². The minimum absolute atomic E-state index is 0.0825. The predicted molar refractivity (Wildman–Crippen MR) is 136 cm³/mol. The number of hydrogen-bond acceptors (Lipinski definition) is 8. The van der Waals surface area contributed by atoms with Gasteiger partial charge in [-0.2, -0.15) is 0 Å². The Bertz CT molecular complexity index is 1280. The molecule has 36 heavy (non-hydrogen) atoms. The molecule has 0 aliphatic carbocycles. The summed E-state index contributed by atoms with van der Waals surface area (Å²) in [6, 6.07) is 9.79. The Morgan fingerprint density at radius 2 is 2.17 bits per heavy atom.